The molecule has 1 amide bonds. The van der Waals surface area contributed by atoms with E-state index in [0.29, 0.717) is 11.4 Å². The lowest BCUT2D eigenvalue weighted by atomic mass is 9.77. The van der Waals surface area contributed by atoms with Gasteiger partial charge in [-0.25, -0.2) is 0 Å². The maximum Gasteiger partial charge on any atom is 0.254 e. The van der Waals surface area contributed by atoms with E-state index < -0.39 is 11.4 Å². The second-order valence-corrected chi connectivity index (χ2v) is 6.87. The number of aryl methyl sites for hydroxylation is 1. The quantitative estimate of drug-likeness (QED) is 0.497. The van der Waals surface area contributed by atoms with Gasteiger partial charge in [0.25, 0.3) is 5.91 Å². The maximum atomic E-state index is 12.1. The number of anilines is 1. The fourth-order valence-electron chi connectivity index (χ4n) is 3.72. The highest BCUT2D eigenvalue weighted by atomic mass is 16.1. The van der Waals surface area contributed by atoms with Gasteiger partial charge in [-0.05, 0) is 16.7 Å². The predicted octanol–water partition coefficient (Wildman–Crippen LogP) is 3.92. The fourth-order valence-corrected chi connectivity index (χ4v) is 3.72. The predicted molar refractivity (Wildman–Crippen MR) is 115 cm³/mol. The van der Waals surface area contributed by atoms with E-state index in [0.717, 1.165) is 16.7 Å². The van der Waals surface area contributed by atoms with Crippen molar-refractivity contribution < 1.29 is 4.79 Å². The molecule has 29 heavy (non-hydrogen) atoms. The minimum Gasteiger partial charge on any atom is -0.365 e. The maximum absolute atomic E-state index is 12.1. The van der Waals surface area contributed by atoms with Crippen molar-refractivity contribution in [3.63, 3.8) is 0 Å². The average molecular weight is 382 g/mol. The van der Waals surface area contributed by atoms with Crippen LogP contribution >= 0.6 is 0 Å². The number of hydrogen-bond donors (Lipinski definition) is 2. The van der Waals surface area contributed by atoms with Crippen molar-refractivity contribution in [2.24, 2.45) is 12.8 Å². The van der Waals surface area contributed by atoms with E-state index in [1.165, 1.54) is 6.20 Å². The Hall–Kier alpha value is -3.86. The topological polar surface area (TPSA) is 72.9 Å². The van der Waals surface area contributed by atoms with Gasteiger partial charge in [0.05, 0.1) is 6.20 Å². The number of benzene rings is 3. The molecule has 5 nitrogen and oxygen atoms in total. The lowest BCUT2D eigenvalue weighted by Gasteiger charge is -2.37. The fraction of sp³-hybridized carbons (Fsp3) is 0.0833. The smallest absolute Gasteiger partial charge is 0.254 e. The summed E-state index contributed by atoms with van der Waals surface area (Å²) >= 11 is 0. The molecule has 0 aliphatic carbocycles. The molecule has 0 saturated heterocycles. The van der Waals surface area contributed by atoms with Crippen LogP contribution in [0.25, 0.3) is 0 Å². The van der Waals surface area contributed by atoms with Gasteiger partial charge in [-0.15, -0.1) is 0 Å². The molecule has 0 fully saturated rings. The van der Waals surface area contributed by atoms with Crippen LogP contribution in [0.3, 0.4) is 0 Å². The first-order chi connectivity index (χ1) is 14.1. The van der Waals surface area contributed by atoms with Gasteiger partial charge < -0.3 is 11.1 Å². The molecular formula is C24H22N4O. The molecule has 0 aliphatic heterocycles. The molecule has 3 aromatic carbocycles. The summed E-state index contributed by atoms with van der Waals surface area (Å²) in [7, 11) is 1.79. The van der Waals surface area contributed by atoms with Crippen LogP contribution in [0.1, 0.15) is 27.0 Å². The van der Waals surface area contributed by atoms with Gasteiger partial charge in [0, 0.05) is 7.05 Å². The number of aromatic nitrogens is 2. The van der Waals surface area contributed by atoms with Crippen LogP contribution in [0.15, 0.2) is 97.2 Å². The third kappa shape index (κ3) is 3.27. The molecule has 4 aromatic rings. The molecule has 1 aromatic heterocycles. The summed E-state index contributed by atoms with van der Waals surface area (Å²) in [5, 5.41) is 7.90. The van der Waals surface area contributed by atoms with Crippen molar-refractivity contribution in [2.45, 2.75) is 5.54 Å². The Bertz CT molecular complexity index is 1010. The molecule has 144 valence electrons. The summed E-state index contributed by atoms with van der Waals surface area (Å²) in [5.41, 5.74) is 8.34. The summed E-state index contributed by atoms with van der Waals surface area (Å²) < 4.78 is 1.64. The van der Waals surface area contributed by atoms with Crippen molar-refractivity contribution in [3.05, 3.63) is 119 Å². The molecule has 0 radical (unpaired) electrons. The van der Waals surface area contributed by atoms with Crippen LogP contribution in [0.4, 0.5) is 5.82 Å². The number of rotatable bonds is 6. The molecule has 0 spiro atoms. The second-order valence-electron chi connectivity index (χ2n) is 6.87. The van der Waals surface area contributed by atoms with E-state index in [4.69, 9.17) is 5.73 Å². The number of primary amides is 1. The zero-order chi connectivity index (χ0) is 20.3. The van der Waals surface area contributed by atoms with Crippen molar-refractivity contribution >= 4 is 11.7 Å². The number of nitrogens with two attached hydrogens (primary N) is 1. The highest BCUT2D eigenvalue weighted by molar-refractivity contribution is 5.97. The SMILES string of the molecule is Cn1ncc(C(N)=O)c1NC(c1ccccc1)(c1ccccc1)c1ccccc1. The molecule has 0 saturated carbocycles. The first-order valence-electron chi connectivity index (χ1n) is 9.39. The average Bonchev–Trinajstić information content (AvgIpc) is 3.14. The molecule has 1 heterocycles. The van der Waals surface area contributed by atoms with E-state index in [-0.39, 0.29) is 0 Å². The Morgan fingerprint density at radius 3 is 1.62 bits per heavy atom. The van der Waals surface area contributed by atoms with Crippen LogP contribution in [0.2, 0.25) is 0 Å². The molecule has 4 rings (SSSR count). The van der Waals surface area contributed by atoms with Gasteiger partial charge in [-0.3, -0.25) is 9.48 Å². The number of amides is 1. The van der Waals surface area contributed by atoms with Gasteiger partial charge in [0.1, 0.15) is 16.9 Å². The van der Waals surface area contributed by atoms with Crippen molar-refractivity contribution in [1.29, 1.82) is 0 Å². The van der Waals surface area contributed by atoms with Gasteiger partial charge in [-0.2, -0.15) is 5.10 Å². The first-order valence-corrected chi connectivity index (χ1v) is 9.39. The lowest BCUT2D eigenvalue weighted by Crippen LogP contribution is -2.39. The van der Waals surface area contributed by atoms with Crippen molar-refractivity contribution in [3.8, 4) is 0 Å². The highest BCUT2D eigenvalue weighted by Gasteiger charge is 2.38. The van der Waals surface area contributed by atoms with Crippen LogP contribution < -0.4 is 11.1 Å². The van der Waals surface area contributed by atoms with E-state index in [9.17, 15) is 4.79 Å². The number of carbonyl (C=O) groups is 1. The Labute approximate surface area is 169 Å². The Balaban J connectivity index is 2.04. The van der Waals surface area contributed by atoms with E-state index in [1.807, 2.05) is 54.6 Å². The molecule has 0 aliphatic rings. The zero-order valence-corrected chi connectivity index (χ0v) is 16.1. The third-order valence-corrected chi connectivity index (χ3v) is 5.13. The number of nitrogens with one attached hydrogen (secondary N) is 1. The summed E-state index contributed by atoms with van der Waals surface area (Å²) in [6.45, 7) is 0. The number of nitrogens with zero attached hydrogens (tertiary/aromatic N) is 2. The largest absolute Gasteiger partial charge is 0.365 e. The monoisotopic (exact) mass is 382 g/mol. The third-order valence-electron chi connectivity index (χ3n) is 5.13. The molecule has 0 atom stereocenters. The van der Waals surface area contributed by atoms with Crippen molar-refractivity contribution in [1.82, 2.24) is 9.78 Å². The lowest BCUT2D eigenvalue weighted by molar-refractivity contribution is 0.100. The molecule has 0 unspecified atom stereocenters. The normalized spacial score (nSPS) is 11.2. The van der Waals surface area contributed by atoms with Crippen LogP contribution in [-0.4, -0.2) is 15.7 Å². The van der Waals surface area contributed by atoms with E-state index >= 15 is 0 Å². The summed E-state index contributed by atoms with van der Waals surface area (Å²) in [5.74, 6) is 0.0396. The van der Waals surface area contributed by atoms with Gasteiger partial charge in [-0.1, -0.05) is 91.0 Å². The number of carbonyl (C=O) groups excluding carboxylic acids is 1. The van der Waals surface area contributed by atoms with E-state index in [2.05, 4.69) is 46.8 Å². The molecular weight excluding hydrogens is 360 g/mol. The Morgan fingerprint density at radius 2 is 1.24 bits per heavy atom. The second kappa shape index (κ2) is 7.64. The summed E-state index contributed by atoms with van der Waals surface area (Å²) in [6, 6.07) is 30.5. The van der Waals surface area contributed by atoms with Crippen LogP contribution in [0.5, 0.6) is 0 Å². The zero-order valence-electron chi connectivity index (χ0n) is 16.1. The first kappa shape index (κ1) is 18.5. The van der Waals surface area contributed by atoms with Crippen LogP contribution in [0, 0.1) is 0 Å². The highest BCUT2D eigenvalue weighted by Crippen LogP contribution is 2.40. The summed E-state index contributed by atoms with van der Waals surface area (Å²) in [6.07, 6.45) is 1.50. The number of hydrogen-bond acceptors (Lipinski definition) is 3. The van der Waals surface area contributed by atoms with Gasteiger partial charge >= 0.3 is 0 Å². The van der Waals surface area contributed by atoms with Crippen molar-refractivity contribution in [2.75, 3.05) is 5.32 Å². The van der Waals surface area contributed by atoms with Crippen LogP contribution in [-0.2, 0) is 12.6 Å². The van der Waals surface area contributed by atoms with Gasteiger partial charge in [0.15, 0.2) is 0 Å². The summed E-state index contributed by atoms with van der Waals surface area (Å²) in [4.78, 5) is 12.1. The molecule has 3 N–H and O–H groups in total. The Morgan fingerprint density at radius 1 is 0.828 bits per heavy atom. The van der Waals surface area contributed by atoms with E-state index in [1.54, 1.807) is 11.7 Å². The minimum atomic E-state index is -0.748. The Kier molecular flexibility index (Phi) is 4.87. The standard InChI is InChI=1S/C24H22N4O/c1-28-23(21(17-26-28)22(25)29)27-24(18-11-5-2-6-12-18,19-13-7-3-8-14-19)20-15-9-4-10-16-20/h2-17,27H,1H3,(H2,25,29). The van der Waals surface area contributed by atoms with Gasteiger partial charge in [0.2, 0.25) is 0 Å². The minimum absolute atomic E-state index is 0.347. The molecule has 5 heteroatoms. The molecule has 0 bridgehead atoms.